The smallest absolute Gasteiger partial charge is 0.309 e. The Morgan fingerprint density at radius 2 is 1.00 bits per heavy atom. The quantitative estimate of drug-likeness (QED) is 0.196. The highest BCUT2D eigenvalue weighted by atomic mass is 16.6. The van der Waals surface area contributed by atoms with Crippen LogP contribution in [0.5, 0.6) is 0 Å². The molecular formula is C30H52O8. The molecule has 2 fully saturated rings. The van der Waals surface area contributed by atoms with Crippen molar-refractivity contribution < 1.29 is 38.9 Å². The summed E-state index contributed by atoms with van der Waals surface area (Å²) < 4.78 is 10.00. The molecule has 8 heteroatoms. The van der Waals surface area contributed by atoms with Gasteiger partial charge in [-0.2, -0.15) is 0 Å². The van der Waals surface area contributed by atoms with Crippen molar-refractivity contribution in [1.29, 1.82) is 0 Å². The maximum Gasteiger partial charge on any atom is 0.309 e. The molecule has 0 radical (unpaired) electrons. The minimum Gasteiger partial charge on any atom is -0.481 e. The zero-order chi connectivity index (χ0) is 27.9. The van der Waals surface area contributed by atoms with Crippen LogP contribution in [-0.2, 0) is 28.7 Å². The first kappa shape index (κ1) is 33.9. The van der Waals surface area contributed by atoms with Crippen molar-refractivity contribution in [3.8, 4) is 0 Å². The van der Waals surface area contributed by atoms with E-state index in [1.807, 2.05) is 0 Å². The summed E-state index contributed by atoms with van der Waals surface area (Å²) in [6.45, 7) is 0.370. The van der Waals surface area contributed by atoms with Gasteiger partial charge >= 0.3 is 23.9 Å². The molecular weight excluding hydrogens is 488 g/mol. The fraction of sp³-hybridized carbons (Fsp3) is 0.867. The minimum atomic E-state index is -0.701. The Morgan fingerprint density at radius 1 is 0.605 bits per heavy atom. The molecule has 0 spiro atoms. The maximum atomic E-state index is 11.3. The average Bonchev–Trinajstić information content (AvgIpc) is 3.67. The Labute approximate surface area is 229 Å². The highest BCUT2D eigenvalue weighted by Crippen LogP contribution is 2.50. The van der Waals surface area contributed by atoms with Gasteiger partial charge in [0.25, 0.3) is 0 Å². The van der Waals surface area contributed by atoms with E-state index in [4.69, 9.17) is 19.7 Å². The van der Waals surface area contributed by atoms with Crippen LogP contribution in [-0.4, -0.2) is 47.3 Å². The highest BCUT2D eigenvalue weighted by molar-refractivity contribution is 5.77. The molecule has 8 nitrogen and oxygen atoms in total. The van der Waals surface area contributed by atoms with Crippen LogP contribution in [0.4, 0.5) is 0 Å². The van der Waals surface area contributed by atoms with Crippen LogP contribution in [0, 0.1) is 5.41 Å². The normalized spacial score (nSPS) is 19.2. The molecule has 0 unspecified atom stereocenters. The van der Waals surface area contributed by atoms with E-state index in [-0.39, 0.29) is 37.0 Å². The minimum absolute atomic E-state index is 0.180. The Balaban J connectivity index is 0.000000380. The van der Waals surface area contributed by atoms with Crippen molar-refractivity contribution >= 4 is 23.9 Å². The first-order chi connectivity index (χ1) is 18.4. The van der Waals surface area contributed by atoms with Gasteiger partial charge in [-0.3, -0.25) is 19.2 Å². The maximum absolute atomic E-state index is 11.3. The largest absolute Gasteiger partial charge is 0.481 e. The second-order valence-corrected chi connectivity index (χ2v) is 10.9. The van der Waals surface area contributed by atoms with Gasteiger partial charge in [0.15, 0.2) is 0 Å². The Morgan fingerprint density at radius 3 is 1.39 bits per heavy atom. The standard InChI is InChI=1S/2C15H26O4/c16-13(17)9-7-5-3-1-2-4-6-8-10-15(11-12-15)14(18)19;16-14-10-8-6-4-2-1-3-5-7-9-11-15(17)19-13-12-18-14/h1-12H2,(H,16,17)(H,18,19);1-13H2. The lowest BCUT2D eigenvalue weighted by Gasteiger charge is -2.08. The van der Waals surface area contributed by atoms with Crippen molar-refractivity contribution in [3.05, 3.63) is 0 Å². The zero-order valence-corrected chi connectivity index (χ0v) is 23.5. The summed E-state index contributed by atoms with van der Waals surface area (Å²) in [7, 11) is 0. The van der Waals surface area contributed by atoms with Gasteiger partial charge in [0, 0.05) is 19.3 Å². The number of rotatable bonds is 12. The number of carboxylic acid groups (broad SMARTS) is 2. The van der Waals surface area contributed by atoms with Crippen LogP contribution < -0.4 is 0 Å². The van der Waals surface area contributed by atoms with Crippen molar-refractivity contribution in [2.45, 2.75) is 148 Å². The molecule has 0 aromatic carbocycles. The molecule has 0 bridgehead atoms. The van der Waals surface area contributed by atoms with Gasteiger partial charge in [-0.05, 0) is 38.5 Å². The summed E-state index contributed by atoms with van der Waals surface area (Å²) in [6.07, 6.45) is 22.6. The molecule has 1 aliphatic heterocycles. The second kappa shape index (κ2) is 21.8. The molecule has 0 amide bonds. The van der Waals surface area contributed by atoms with E-state index in [1.165, 1.54) is 51.4 Å². The molecule has 0 aromatic rings. The van der Waals surface area contributed by atoms with E-state index in [0.29, 0.717) is 12.8 Å². The topological polar surface area (TPSA) is 127 Å². The van der Waals surface area contributed by atoms with Gasteiger partial charge in [-0.25, -0.2) is 0 Å². The molecule has 2 aliphatic rings. The van der Waals surface area contributed by atoms with Gasteiger partial charge in [-0.1, -0.05) is 89.9 Å². The number of unbranched alkanes of at least 4 members (excludes halogenated alkanes) is 7. The zero-order valence-electron chi connectivity index (χ0n) is 23.5. The first-order valence-corrected chi connectivity index (χ1v) is 15.1. The van der Waals surface area contributed by atoms with Crippen LogP contribution in [0.15, 0.2) is 0 Å². The van der Waals surface area contributed by atoms with Gasteiger partial charge in [0.05, 0.1) is 5.41 Å². The molecule has 220 valence electrons. The Bertz CT molecular complexity index is 645. The number of carbonyl (C=O) groups is 4. The van der Waals surface area contributed by atoms with Crippen LogP contribution >= 0.6 is 0 Å². The van der Waals surface area contributed by atoms with Gasteiger partial charge in [0.2, 0.25) is 0 Å². The number of ether oxygens (including phenoxy) is 2. The summed E-state index contributed by atoms with van der Waals surface area (Å²) in [5, 5.41) is 17.5. The lowest BCUT2D eigenvalue weighted by atomic mass is 9.97. The summed E-state index contributed by atoms with van der Waals surface area (Å²) >= 11 is 0. The summed E-state index contributed by atoms with van der Waals surface area (Å²) in [4.78, 5) is 44.0. The van der Waals surface area contributed by atoms with Crippen LogP contribution in [0.3, 0.4) is 0 Å². The monoisotopic (exact) mass is 540 g/mol. The van der Waals surface area contributed by atoms with E-state index in [1.54, 1.807) is 0 Å². The molecule has 1 aliphatic carbocycles. The fourth-order valence-electron chi connectivity index (χ4n) is 4.75. The molecule has 0 atom stereocenters. The number of carboxylic acids is 2. The lowest BCUT2D eigenvalue weighted by Crippen LogP contribution is -2.14. The number of aliphatic carboxylic acids is 2. The number of hydrogen-bond acceptors (Lipinski definition) is 6. The van der Waals surface area contributed by atoms with Crippen molar-refractivity contribution in [1.82, 2.24) is 0 Å². The number of carbonyl (C=O) groups excluding carboxylic acids is 2. The van der Waals surface area contributed by atoms with Crippen molar-refractivity contribution in [2.24, 2.45) is 5.41 Å². The Kier molecular flexibility index (Phi) is 19.4. The molecule has 1 heterocycles. The third kappa shape index (κ3) is 19.0. The predicted molar refractivity (Wildman–Crippen MR) is 146 cm³/mol. The van der Waals surface area contributed by atoms with E-state index in [2.05, 4.69) is 0 Å². The molecule has 38 heavy (non-hydrogen) atoms. The first-order valence-electron chi connectivity index (χ1n) is 15.1. The number of hydrogen-bond donors (Lipinski definition) is 2. The third-order valence-electron chi connectivity index (χ3n) is 7.47. The van der Waals surface area contributed by atoms with Gasteiger partial charge < -0.3 is 19.7 Å². The van der Waals surface area contributed by atoms with E-state index < -0.39 is 11.9 Å². The van der Waals surface area contributed by atoms with E-state index in [0.717, 1.165) is 77.0 Å². The van der Waals surface area contributed by atoms with Gasteiger partial charge in [-0.15, -0.1) is 0 Å². The average molecular weight is 541 g/mol. The van der Waals surface area contributed by atoms with Gasteiger partial charge in [0.1, 0.15) is 13.2 Å². The SMILES string of the molecule is O=C(O)CCCCCCCCCCC1(C(=O)O)CC1.O=C1CCCCCCCCCCCC(=O)OCCO1. The van der Waals surface area contributed by atoms with Crippen LogP contribution in [0.25, 0.3) is 0 Å². The molecule has 2 rings (SSSR count). The number of esters is 2. The van der Waals surface area contributed by atoms with E-state index in [9.17, 15) is 19.2 Å². The molecule has 1 saturated heterocycles. The fourth-order valence-corrected chi connectivity index (χ4v) is 4.75. The second-order valence-electron chi connectivity index (χ2n) is 10.9. The van der Waals surface area contributed by atoms with E-state index >= 15 is 0 Å². The highest BCUT2D eigenvalue weighted by Gasteiger charge is 2.49. The summed E-state index contributed by atoms with van der Waals surface area (Å²) in [5.41, 5.74) is -0.350. The summed E-state index contributed by atoms with van der Waals surface area (Å²) in [5.74, 6) is -1.67. The van der Waals surface area contributed by atoms with Crippen molar-refractivity contribution in [2.75, 3.05) is 13.2 Å². The lowest BCUT2D eigenvalue weighted by molar-refractivity contribution is -0.152. The van der Waals surface area contributed by atoms with Crippen LogP contribution in [0.2, 0.25) is 0 Å². The molecule has 0 aromatic heterocycles. The molecule has 1 saturated carbocycles. The van der Waals surface area contributed by atoms with Crippen LogP contribution in [0.1, 0.15) is 148 Å². The molecule has 2 N–H and O–H groups in total. The van der Waals surface area contributed by atoms with Crippen molar-refractivity contribution in [3.63, 3.8) is 0 Å². The summed E-state index contributed by atoms with van der Waals surface area (Å²) in [6, 6.07) is 0. The Hall–Kier alpha value is -2.12. The third-order valence-corrected chi connectivity index (χ3v) is 7.47. The predicted octanol–water partition coefficient (Wildman–Crippen LogP) is 7.21. The number of cyclic esters (lactones) is 2.